The second-order valence-corrected chi connectivity index (χ2v) is 7.66. The lowest BCUT2D eigenvalue weighted by atomic mass is 9.96. The van der Waals surface area contributed by atoms with Gasteiger partial charge in [-0.25, -0.2) is 0 Å². The Balaban J connectivity index is 1.32. The van der Waals surface area contributed by atoms with E-state index in [1.165, 1.54) is 0 Å². The zero-order valence-corrected chi connectivity index (χ0v) is 16.4. The van der Waals surface area contributed by atoms with Crippen LogP contribution >= 0.6 is 0 Å². The van der Waals surface area contributed by atoms with E-state index in [4.69, 9.17) is 4.42 Å². The van der Waals surface area contributed by atoms with Crippen LogP contribution in [0, 0.1) is 6.92 Å². The van der Waals surface area contributed by atoms with Gasteiger partial charge in [-0.1, -0.05) is 0 Å². The molecule has 2 saturated heterocycles. The predicted octanol–water partition coefficient (Wildman–Crippen LogP) is 1.30. The minimum atomic E-state index is -0.0374. The maximum absolute atomic E-state index is 12.6. The van der Waals surface area contributed by atoms with Crippen molar-refractivity contribution >= 4 is 11.8 Å². The number of likely N-dealkylation sites (tertiary alicyclic amines) is 2. The maximum atomic E-state index is 12.6. The summed E-state index contributed by atoms with van der Waals surface area (Å²) in [6, 6.07) is 1.82. The molecule has 0 spiro atoms. The van der Waals surface area contributed by atoms with Crippen LogP contribution in [0.15, 0.2) is 10.5 Å². The van der Waals surface area contributed by atoms with E-state index in [0.717, 1.165) is 44.5 Å². The summed E-state index contributed by atoms with van der Waals surface area (Å²) in [5, 5.41) is 12.5. The van der Waals surface area contributed by atoms with Gasteiger partial charge in [-0.05, 0) is 38.7 Å². The molecule has 9 heteroatoms. The predicted molar refractivity (Wildman–Crippen MR) is 99.6 cm³/mol. The first-order valence-electron chi connectivity index (χ1n) is 9.91. The summed E-state index contributed by atoms with van der Waals surface area (Å²) in [4.78, 5) is 28.5. The van der Waals surface area contributed by atoms with Gasteiger partial charge in [0, 0.05) is 44.8 Å². The molecule has 9 nitrogen and oxygen atoms in total. The monoisotopic (exact) mass is 386 g/mol. The summed E-state index contributed by atoms with van der Waals surface area (Å²) in [7, 11) is 1.83. The molecule has 2 fully saturated rings. The van der Waals surface area contributed by atoms with Crippen LogP contribution < -0.4 is 0 Å². The van der Waals surface area contributed by atoms with Crippen LogP contribution in [0.3, 0.4) is 0 Å². The van der Waals surface area contributed by atoms with Crippen LogP contribution in [-0.4, -0.2) is 67.8 Å². The second-order valence-electron chi connectivity index (χ2n) is 7.66. The average molecular weight is 386 g/mol. The highest BCUT2D eigenvalue weighted by molar-refractivity contribution is 5.92. The Kier molecular flexibility index (Phi) is 5.15. The fourth-order valence-corrected chi connectivity index (χ4v) is 3.87. The normalized spacial score (nSPS) is 18.1. The summed E-state index contributed by atoms with van der Waals surface area (Å²) in [5.41, 5.74) is 1.44. The summed E-state index contributed by atoms with van der Waals surface area (Å²) >= 11 is 0. The third-order valence-corrected chi connectivity index (χ3v) is 5.71. The largest absolute Gasteiger partial charge is 0.424 e. The number of carbonyl (C=O) groups excluding carboxylic acids is 2. The van der Waals surface area contributed by atoms with Crippen LogP contribution in [0.2, 0.25) is 0 Å². The van der Waals surface area contributed by atoms with Gasteiger partial charge in [0.1, 0.15) is 6.42 Å². The number of amides is 2. The average Bonchev–Trinajstić information content (AvgIpc) is 3.44. The Hall–Kier alpha value is -2.71. The van der Waals surface area contributed by atoms with Crippen molar-refractivity contribution in [3.63, 3.8) is 0 Å². The molecule has 0 saturated carbocycles. The zero-order chi connectivity index (χ0) is 19.7. The van der Waals surface area contributed by atoms with Crippen LogP contribution in [0.5, 0.6) is 0 Å². The van der Waals surface area contributed by atoms with E-state index in [1.54, 1.807) is 4.68 Å². The molecule has 0 N–H and O–H groups in total. The molecule has 0 unspecified atom stereocenters. The number of aromatic nitrogens is 4. The smallest absolute Gasteiger partial charge is 0.274 e. The molecular weight excluding hydrogens is 360 g/mol. The lowest BCUT2D eigenvalue weighted by Gasteiger charge is -2.29. The molecule has 2 aromatic rings. The molecule has 0 aromatic carbocycles. The van der Waals surface area contributed by atoms with Crippen molar-refractivity contribution in [3.05, 3.63) is 29.2 Å². The van der Waals surface area contributed by atoms with Gasteiger partial charge < -0.3 is 14.2 Å². The molecule has 0 radical (unpaired) electrons. The van der Waals surface area contributed by atoms with Gasteiger partial charge >= 0.3 is 0 Å². The van der Waals surface area contributed by atoms with Crippen molar-refractivity contribution in [2.75, 3.05) is 26.2 Å². The number of rotatable bonds is 4. The van der Waals surface area contributed by atoms with Crippen LogP contribution in [0.25, 0.3) is 0 Å². The number of hydrogen-bond donors (Lipinski definition) is 0. The van der Waals surface area contributed by atoms with Gasteiger partial charge in [0.05, 0.1) is 0 Å². The molecule has 4 rings (SSSR count). The van der Waals surface area contributed by atoms with Gasteiger partial charge in [-0.3, -0.25) is 14.3 Å². The van der Waals surface area contributed by atoms with Crippen molar-refractivity contribution in [2.24, 2.45) is 7.05 Å². The highest BCUT2D eigenvalue weighted by atomic mass is 16.4. The van der Waals surface area contributed by atoms with Gasteiger partial charge in [0.2, 0.25) is 17.7 Å². The van der Waals surface area contributed by atoms with Gasteiger partial charge in [-0.15, -0.1) is 10.2 Å². The zero-order valence-electron chi connectivity index (χ0n) is 16.4. The third-order valence-electron chi connectivity index (χ3n) is 5.71. The van der Waals surface area contributed by atoms with Gasteiger partial charge in [-0.2, -0.15) is 5.10 Å². The Morgan fingerprint density at radius 1 is 1.11 bits per heavy atom. The van der Waals surface area contributed by atoms with E-state index in [1.807, 2.05) is 29.8 Å². The Labute approximate surface area is 163 Å². The lowest BCUT2D eigenvalue weighted by Crippen LogP contribution is -2.38. The highest BCUT2D eigenvalue weighted by Crippen LogP contribution is 2.28. The van der Waals surface area contributed by atoms with E-state index in [9.17, 15) is 9.59 Å². The molecule has 28 heavy (non-hydrogen) atoms. The first-order valence-corrected chi connectivity index (χ1v) is 9.91. The SMILES string of the molecule is Cc1cc(C(=O)N2CCC(c3nnc(CC(=O)N4CCCC4)o3)CC2)nn1C. The van der Waals surface area contributed by atoms with Crippen molar-refractivity contribution in [2.45, 2.75) is 44.9 Å². The van der Waals surface area contributed by atoms with E-state index < -0.39 is 0 Å². The van der Waals surface area contributed by atoms with Crippen molar-refractivity contribution in [1.29, 1.82) is 0 Å². The number of nitrogens with zero attached hydrogens (tertiary/aromatic N) is 6. The fourth-order valence-electron chi connectivity index (χ4n) is 3.87. The molecule has 2 aliphatic rings. The Bertz CT molecular complexity index is 839. The van der Waals surface area contributed by atoms with E-state index in [0.29, 0.717) is 30.6 Å². The minimum Gasteiger partial charge on any atom is -0.424 e. The topological polar surface area (TPSA) is 97.4 Å². The molecular formula is C19H26N6O3. The minimum absolute atomic E-state index is 0.0374. The number of carbonyl (C=O) groups is 2. The summed E-state index contributed by atoms with van der Waals surface area (Å²) in [6.45, 7) is 4.83. The molecule has 150 valence electrons. The van der Waals surface area contributed by atoms with E-state index >= 15 is 0 Å². The number of hydrogen-bond acceptors (Lipinski definition) is 6. The third kappa shape index (κ3) is 3.79. The molecule has 2 aliphatic heterocycles. The molecule has 2 aromatic heterocycles. The molecule has 0 atom stereocenters. The van der Waals surface area contributed by atoms with E-state index in [2.05, 4.69) is 15.3 Å². The summed E-state index contributed by atoms with van der Waals surface area (Å²) in [6.07, 6.45) is 3.83. The standard InChI is InChI=1S/C19H26N6O3/c1-13-11-15(22-23(13)2)19(27)25-9-5-14(6-10-25)18-21-20-16(28-18)12-17(26)24-7-3-4-8-24/h11,14H,3-10,12H2,1-2H3. The molecule has 0 aliphatic carbocycles. The van der Waals surface area contributed by atoms with Crippen molar-refractivity contribution in [1.82, 2.24) is 29.8 Å². The quantitative estimate of drug-likeness (QED) is 0.786. The second kappa shape index (κ2) is 7.73. The van der Waals surface area contributed by atoms with Crippen LogP contribution in [0.1, 0.15) is 59.6 Å². The van der Waals surface area contributed by atoms with Crippen molar-refractivity contribution < 1.29 is 14.0 Å². The first kappa shape index (κ1) is 18.6. The fraction of sp³-hybridized carbons (Fsp3) is 0.632. The van der Waals surface area contributed by atoms with Gasteiger partial charge in [0.15, 0.2) is 5.69 Å². The van der Waals surface area contributed by atoms with Crippen LogP contribution in [-0.2, 0) is 18.3 Å². The Morgan fingerprint density at radius 3 is 2.46 bits per heavy atom. The Morgan fingerprint density at radius 2 is 1.82 bits per heavy atom. The lowest BCUT2D eigenvalue weighted by molar-refractivity contribution is -0.129. The maximum Gasteiger partial charge on any atom is 0.274 e. The van der Waals surface area contributed by atoms with Gasteiger partial charge in [0.25, 0.3) is 5.91 Å². The van der Waals surface area contributed by atoms with Crippen LogP contribution in [0.4, 0.5) is 0 Å². The highest BCUT2D eigenvalue weighted by Gasteiger charge is 2.29. The molecule has 0 bridgehead atoms. The number of piperidine rings is 1. The number of aryl methyl sites for hydroxylation is 2. The van der Waals surface area contributed by atoms with E-state index in [-0.39, 0.29) is 24.2 Å². The first-order chi connectivity index (χ1) is 13.5. The molecule has 2 amide bonds. The summed E-state index contributed by atoms with van der Waals surface area (Å²) in [5.74, 6) is 1.10. The molecule has 4 heterocycles. The van der Waals surface area contributed by atoms with Crippen molar-refractivity contribution in [3.8, 4) is 0 Å². The summed E-state index contributed by atoms with van der Waals surface area (Å²) < 4.78 is 7.48.